The van der Waals surface area contributed by atoms with Crippen LogP contribution >= 0.6 is 11.3 Å². The van der Waals surface area contributed by atoms with E-state index in [9.17, 15) is 4.79 Å². The highest BCUT2D eigenvalue weighted by molar-refractivity contribution is 7.09. The summed E-state index contributed by atoms with van der Waals surface area (Å²) in [5.41, 5.74) is 0. The number of aryl methyl sites for hydroxylation is 1. The quantitative estimate of drug-likeness (QED) is 0.721. The zero-order chi connectivity index (χ0) is 10.5. The van der Waals surface area contributed by atoms with E-state index in [-0.39, 0.29) is 5.78 Å². The number of hydrogen-bond acceptors (Lipinski definition) is 3. The smallest absolute Gasteiger partial charge is 0.197 e. The normalized spacial score (nSPS) is 10.4. The van der Waals surface area contributed by atoms with E-state index in [1.54, 1.807) is 23.5 Å². The second kappa shape index (κ2) is 4.94. The summed E-state index contributed by atoms with van der Waals surface area (Å²) in [4.78, 5) is 12.9. The number of Topliss-reactive ketones (excluding diaryl/α,β-unsaturated/α-hetero) is 1. The molecule has 0 aromatic carbocycles. The van der Waals surface area contributed by atoms with Crippen LogP contribution in [0.2, 0.25) is 0 Å². The molecule has 78 valence electrons. The van der Waals surface area contributed by atoms with E-state index in [1.807, 2.05) is 6.07 Å². The van der Waals surface area contributed by atoms with E-state index in [1.165, 1.54) is 11.1 Å². The molecule has 0 N–H and O–H groups in total. The first-order chi connectivity index (χ1) is 7.36. The molecule has 3 heteroatoms. The zero-order valence-corrected chi connectivity index (χ0v) is 9.13. The first-order valence-electron chi connectivity index (χ1n) is 4.95. The second-order valence-electron chi connectivity index (χ2n) is 3.33. The van der Waals surface area contributed by atoms with Crippen LogP contribution in [0.15, 0.2) is 40.3 Å². The SMILES string of the molecule is O=C(CCCc1cccs1)c1ccco1. The Kier molecular flexibility index (Phi) is 3.35. The lowest BCUT2D eigenvalue weighted by Gasteiger charge is -1.96. The number of hydrogen-bond donors (Lipinski definition) is 0. The van der Waals surface area contributed by atoms with Crippen molar-refractivity contribution >= 4 is 17.1 Å². The summed E-state index contributed by atoms with van der Waals surface area (Å²) in [6.07, 6.45) is 3.96. The molecular formula is C12H12O2S. The van der Waals surface area contributed by atoms with Crippen molar-refractivity contribution in [3.63, 3.8) is 0 Å². The van der Waals surface area contributed by atoms with Gasteiger partial charge in [0.05, 0.1) is 6.26 Å². The summed E-state index contributed by atoms with van der Waals surface area (Å²) in [5, 5.41) is 2.06. The van der Waals surface area contributed by atoms with E-state index in [0.29, 0.717) is 12.2 Å². The van der Waals surface area contributed by atoms with E-state index < -0.39 is 0 Å². The van der Waals surface area contributed by atoms with E-state index in [0.717, 1.165) is 12.8 Å². The molecule has 0 aliphatic heterocycles. The van der Waals surface area contributed by atoms with Crippen molar-refractivity contribution in [2.24, 2.45) is 0 Å². The van der Waals surface area contributed by atoms with Crippen molar-refractivity contribution < 1.29 is 9.21 Å². The molecule has 2 heterocycles. The van der Waals surface area contributed by atoms with Crippen molar-refractivity contribution in [1.29, 1.82) is 0 Å². The fourth-order valence-electron chi connectivity index (χ4n) is 1.44. The van der Waals surface area contributed by atoms with Crippen LogP contribution in [0.1, 0.15) is 28.3 Å². The molecule has 0 bridgehead atoms. The van der Waals surface area contributed by atoms with Gasteiger partial charge in [-0.15, -0.1) is 11.3 Å². The minimum absolute atomic E-state index is 0.0940. The molecule has 0 saturated carbocycles. The first-order valence-corrected chi connectivity index (χ1v) is 5.83. The Morgan fingerprint density at radius 2 is 2.27 bits per heavy atom. The molecule has 0 atom stereocenters. The third-order valence-electron chi connectivity index (χ3n) is 2.20. The molecule has 15 heavy (non-hydrogen) atoms. The van der Waals surface area contributed by atoms with Gasteiger partial charge in [0, 0.05) is 11.3 Å². The molecule has 0 aliphatic rings. The summed E-state index contributed by atoms with van der Waals surface area (Å²) < 4.78 is 5.04. The molecule has 0 spiro atoms. The standard InChI is InChI=1S/C12H12O2S/c13-11(12-7-2-8-14-12)6-1-4-10-5-3-9-15-10/h2-3,5,7-9H,1,4,6H2. The maximum atomic E-state index is 11.5. The lowest BCUT2D eigenvalue weighted by Crippen LogP contribution is -1.97. The molecule has 2 aromatic heterocycles. The Bertz CT molecular complexity index is 401. The molecule has 2 nitrogen and oxygen atoms in total. The molecule has 0 fully saturated rings. The van der Waals surface area contributed by atoms with Gasteiger partial charge in [-0.3, -0.25) is 4.79 Å². The van der Waals surface area contributed by atoms with Crippen LogP contribution in [-0.2, 0) is 6.42 Å². The second-order valence-corrected chi connectivity index (χ2v) is 4.37. The van der Waals surface area contributed by atoms with Crippen LogP contribution in [0.5, 0.6) is 0 Å². The molecular weight excluding hydrogens is 208 g/mol. The third kappa shape index (κ3) is 2.80. The number of thiophene rings is 1. The van der Waals surface area contributed by atoms with Crippen LogP contribution < -0.4 is 0 Å². The number of ketones is 1. The summed E-state index contributed by atoms with van der Waals surface area (Å²) in [6, 6.07) is 7.59. The van der Waals surface area contributed by atoms with E-state index >= 15 is 0 Å². The highest BCUT2D eigenvalue weighted by Crippen LogP contribution is 2.13. The maximum absolute atomic E-state index is 11.5. The Morgan fingerprint density at radius 1 is 1.33 bits per heavy atom. The van der Waals surface area contributed by atoms with Gasteiger partial charge in [0.15, 0.2) is 11.5 Å². The predicted molar refractivity (Wildman–Crippen MR) is 60.3 cm³/mol. The molecule has 0 aliphatic carbocycles. The van der Waals surface area contributed by atoms with Crippen LogP contribution in [0, 0.1) is 0 Å². The summed E-state index contributed by atoms with van der Waals surface area (Å²) in [5.74, 6) is 0.567. The van der Waals surface area contributed by atoms with Gasteiger partial charge in [0.25, 0.3) is 0 Å². The number of furan rings is 1. The summed E-state index contributed by atoms with van der Waals surface area (Å²) >= 11 is 1.74. The lowest BCUT2D eigenvalue weighted by atomic mass is 10.1. The van der Waals surface area contributed by atoms with Gasteiger partial charge in [-0.25, -0.2) is 0 Å². The third-order valence-corrected chi connectivity index (χ3v) is 3.14. The molecule has 0 unspecified atom stereocenters. The van der Waals surface area contributed by atoms with Gasteiger partial charge in [-0.1, -0.05) is 6.07 Å². The maximum Gasteiger partial charge on any atom is 0.197 e. The summed E-state index contributed by atoms with van der Waals surface area (Å²) in [6.45, 7) is 0. The highest BCUT2D eigenvalue weighted by Gasteiger charge is 2.07. The Morgan fingerprint density at radius 3 is 2.93 bits per heavy atom. The average Bonchev–Trinajstić information content (AvgIpc) is 2.90. The fourth-order valence-corrected chi connectivity index (χ4v) is 2.19. The Hall–Kier alpha value is -1.35. The molecule has 2 rings (SSSR count). The molecule has 2 aromatic rings. The molecule has 0 amide bonds. The topological polar surface area (TPSA) is 30.2 Å². The monoisotopic (exact) mass is 220 g/mol. The average molecular weight is 220 g/mol. The van der Waals surface area contributed by atoms with Gasteiger partial charge < -0.3 is 4.42 Å². The zero-order valence-electron chi connectivity index (χ0n) is 8.31. The van der Waals surface area contributed by atoms with Gasteiger partial charge >= 0.3 is 0 Å². The van der Waals surface area contributed by atoms with Crippen molar-refractivity contribution in [3.8, 4) is 0 Å². The van der Waals surface area contributed by atoms with Crippen molar-refractivity contribution in [2.45, 2.75) is 19.3 Å². The number of carbonyl (C=O) groups is 1. The largest absolute Gasteiger partial charge is 0.461 e. The van der Waals surface area contributed by atoms with Gasteiger partial charge in [-0.05, 0) is 36.4 Å². The van der Waals surface area contributed by atoms with Gasteiger partial charge in [0.2, 0.25) is 0 Å². The van der Waals surface area contributed by atoms with Crippen molar-refractivity contribution in [2.75, 3.05) is 0 Å². The Balaban J connectivity index is 1.77. The fraction of sp³-hybridized carbons (Fsp3) is 0.250. The minimum Gasteiger partial charge on any atom is -0.461 e. The number of carbonyl (C=O) groups excluding carboxylic acids is 1. The first kappa shape index (κ1) is 10.2. The van der Waals surface area contributed by atoms with E-state index in [2.05, 4.69) is 11.4 Å². The van der Waals surface area contributed by atoms with E-state index in [4.69, 9.17) is 4.42 Å². The van der Waals surface area contributed by atoms with Gasteiger partial charge in [-0.2, -0.15) is 0 Å². The van der Waals surface area contributed by atoms with Crippen LogP contribution in [-0.4, -0.2) is 5.78 Å². The predicted octanol–water partition coefficient (Wildman–Crippen LogP) is 3.55. The highest BCUT2D eigenvalue weighted by atomic mass is 32.1. The van der Waals surface area contributed by atoms with Crippen LogP contribution in [0.4, 0.5) is 0 Å². The summed E-state index contributed by atoms with van der Waals surface area (Å²) in [7, 11) is 0. The van der Waals surface area contributed by atoms with Crippen LogP contribution in [0.25, 0.3) is 0 Å². The van der Waals surface area contributed by atoms with Crippen molar-refractivity contribution in [3.05, 3.63) is 46.5 Å². The molecule has 0 saturated heterocycles. The number of rotatable bonds is 5. The van der Waals surface area contributed by atoms with Crippen molar-refractivity contribution in [1.82, 2.24) is 0 Å². The van der Waals surface area contributed by atoms with Gasteiger partial charge in [0.1, 0.15) is 0 Å². The molecule has 0 radical (unpaired) electrons. The van der Waals surface area contributed by atoms with Crippen LogP contribution in [0.3, 0.4) is 0 Å². The minimum atomic E-state index is 0.0940. The Labute approximate surface area is 92.5 Å². The lowest BCUT2D eigenvalue weighted by molar-refractivity contribution is 0.0953.